The van der Waals surface area contributed by atoms with E-state index in [-0.39, 0.29) is 24.8 Å². The zero-order valence-corrected chi connectivity index (χ0v) is 23.0. The summed E-state index contributed by atoms with van der Waals surface area (Å²) in [5, 5.41) is 13.6. The van der Waals surface area contributed by atoms with E-state index in [0.29, 0.717) is 11.3 Å². The summed E-state index contributed by atoms with van der Waals surface area (Å²) >= 11 is 0. The van der Waals surface area contributed by atoms with Crippen LogP contribution in [0.2, 0.25) is 0 Å². The van der Waals surface area contributed by atoms with Crippen molar-refractivity contribution in [3.05, 3.63) is 78.0 Å². The van der Waals surface area contributed by atoms with Gasteiger partial charge in [0.05, 0.1) is 17.8 Å². The number of ether oxygens (including phenoxy) is 1. The minimum Gasteiger partial charge on any atom is -0.461 e. The monoisotopic (exact) mass is 535 g/mol. The van der Waals surface area contributed by atoms with Crippen molar-refractivity contribution in [1.29, 1.82) is 0 Å². The van der Waals surface area contributed by atoms with Crippen LogP contribution in [0.15, 0.2) is 66.9 Å². The van der Waals surface area contributed by atoms with Gasteiger partial charge in [-0.25, -0.2) is 4.79 Å². The largest absolute Gasteiger partial charge is 0.461 e. The van der Waals surface area contributed by atoms with E-state index < -0.39 is 42.1 Å². The third kappa shape index (κ3) is 7.54. The van der Waals surface area contributed by atoms with Crippen LogP contribution < -0.4 is 5.32 Å². The molecular weight excluding hydrogens is 498 g/mol. The van der Waals surface area contributed by atoms with Gasteiger partial charge in [-0.15, -0.1) is 0 Å². The van der Waals surface area contributed by atoms with Crippen LogP contribution in [0.3, 0.4) is 0 Å². The summed E-state index contributed by atoms with van der Waals surface area (Å²) in [5.74, 6) is -2.30. The molecule has 3 atom stereocenters. The molecule has 9 nitrogen and oxygen atoms in total. The molecule has 39 heavy (non-hydrogen) atoms. The number of hydrogen-bond acceptors (Lipinski definition) is 6. The standard InChI is InChI=1S/C30H37N3O6/c1-19(2)27-29(37)33(25(17-32(27)21(5)34)23-14-10-7-11-15-23)18-26(35)31-24(16-22-12-8-6-9-13-22)28(36)30(38)39-20(3)4/h6-15,17,19-20,24,27-28,36H,16,18H2,1-5H3,(H,31,35)/t24-,27-,28?/m0/s1. The fourth-order valence-corrected chi connectivity index (χ4v) is 4.55. The Bertz CT molecular complexity index is 1200. The second-order valence-corrected chi connectivity index (χ2v) is 10.2. The van der Waals surface area contributed by atoms with Crippen molar-refractivity contribution in [2.24, 2.45) is 5.92 Å². The van der Waals surface area contributed by atoms with Crippen molar-refractivity contribution in [2.45, 2.75) is 65.3 Å². The van der Waals surface area contributed by atoms with E-state index in [1.807, 2.05) is 50.2 Å². The Hall–Kier alpha value is -3.98. The number of nitrogens with one attached hydrogen (secondary N) is 1. The van der Waals surface area contributed by atoms with Gasteiger partial charge in [-0.1, -0.05) is 74.5 Å². The topological polar surface area (TPSA) is 116 Å². The maximum Gasteiger partial charge on any atom is 0.337 e. The predicted octanol–water partition coefficient (Wildman–Crippen LogP) is 2.74. The molecule has 1 aliphatic heterocycles. The normalized spacial score (nSPS) is 17.1. The molecule has 1 unspecified atom stereocenters. The molecule has 1 heterocycles. The quantitative estimate of drug-likeness (QED) is 0.452. The fraction of sp³-hybridized carbons (Fsp3) is 0.400. The van der Waals surface area contributed by atoms with Crippen molar-refractivity contribution in [3.8, 4) is 0 Å². The first-order valence-electron chi connectivity index (χ1n) is 13.1. The summed E-state index contributed by atoms with van der Waals surface area (Å²) in [6.07, 6.45) is -0.285. The summed E-state index contributed by atoms with van der Waals surface area (Å²) in [7, 11) is 0. The lowest BCUT2D eigenvalue weighted by Gasteiger charge is -2.40. The zero-order valence-electron chi connectivity index (χ0n) is 23.0. The highest BCUT2D eigenvalue weighted by atomic mass is 16.6. The lowest BCUT2D eigenvalue weighted by Crippen LogP contribution is -2.57. The Labute approximate surface area is 229 Å². The minimum atomic E-state index is -1.62. The van der Waals surface area contributed by atoms with Crippen molar-refractivity contribution in [3.63, 3.8) is 0 Å². The molecule has 0 radical (unpaired) electrons. The molecule has 0 aromatic heterocycles. The van der Waals surface area contributed by atoms with Crippen molar-refractivity contribution in [1.82, 2.24) is 15.1 Å². The van der Waals surface area contributed by atoms with Crippen LogP contribution in [-0.2, 0) is 30.3 Å². The SMILES string of the molecule is CC(=O)N1C=C(c2ccccc2)N(CC(=O)N[C@@H](Cc2ccccc2)C(O)C(=O)OC(C)C)C(=O)[C@@H]1C(C)C. The molecule has 0 saturated carbocycles. The second-order valence-electron chi connectivity index (χ2n) is 10.2. The maximum atomic E-state index is 13.7. The number of aliphatic hydroxyl groups is 1. The molecule has 0 bridgehead atoms. The molecular formula is C30H37N3O6. The van der Waals surface area contributed by atoms with Gasteiger partial charge in [0, 0.05) is 13.1 Å². The van der Waals surface area contributed by atoms with Gasteiger partial charge in [0.2, 0.25) is 11.8 Å². The maximum absolute atomic E-state index is 13.7. The summed E-state index contributed by atoms with van der Waals surface area (Å²) in [5.41, 5.74) is 1.87. The number of nitrogens with zero attached hydrogens (tertiary/aromatic N) is 2. The lowest BCUT2D eigenvalue weighted by atomic mass is 9.97. The smallest absolute Gasteiger partial charge is 0.337 e. The van der Waals surface area contributed by atoms with Gasteiger partial charge >= 0.3 is 5.97 Å². The Morgan fingerprint density at radius 2 is 1.56 bits per heavy atom. The number of carbonyl (C=O) groups excluding carboxylic acids is 4. The Morgan fingerprint density at radius 1 is 0.974 bits per heavy atom. The van der Waals surface area contributed by atoms with Crippen LogP contribution in [0.1, 0.15) is 45.7 Å². The van der Waals surface area contributed by atoms with Gasteiger partial charge in [0.15, 0.2) is 6.10 Å². The molecule has 0 spiro atoms. The van der Waals surface area contributed by atoms with Gasteiger partial charge in [-0.2, -0.15) is 0 Å². The first-order chi connectivity index (χ1) is 18.5. The van der Waals surface area contributed by atoms with Gasteiger partial charge in [0.25, 0.3) is 5.91 Å². The van der Waals surface area contributed by atoms with Crippen LogP contribution in [0, 0.1) is 5.92 Å². The van der Waals surface area contributed by atoms with E-state index in [1.54, 1.807) is 44.3 Å². The molecule has 9 heteroatoms. The molecule has 2 N–H and O–H groups in total. The molecule has 1 aliphatic rings. The molecule has 208 valence electrons. The Balaban J connectivity index is 1.92. The van der Waals surface area contributed by atoms with Crippen molar-refractivity contribution >= 4 is 29.4 Å². The van der Waals surface area contributed by atoms with Crippen LogP contribution in [0.5, 0.6) is 0 Å². The van der Waals surface area contributed by atoms with E-state index >= 15 is 0 Å². The molecule has 0 fully saturated rings. The van der Waals surface area contributed by atoms with Crippen LogP contribution in [-0.4, -0.2) is 69.4 Å². The first-order valence-corrected chi connectivity index (χ1v) is 13.1. The number of aliphatic hydroxyl groups excluding tert-OH is 1. The average Bonchev–Trinajstić information content (AvgIpc) is 2.89. The Kier molecular flexibility index (Phi) is 10.0. The highest BCUT2D eigenvalue weighted by molar-refractivity contribution is 5.99. The van der Waals surface area contributed by atoms with E-state index in [2.05, 4.69) is 5.32 Å². The highest BCUT2D eigenvalue weighted by Crippen LogP contribution is 2.30. The molecule has 0 aliphatic carbocycles. The molecule has 3 amide bonds. The van der Waals surface area contributed by atoms with E-state index in [1.165, 1.54) is 16.7 Å². The summed E-state index contributed by atoms with van der Waals surface area (Å²) in [6, 6.07) is 16.4. The third-order valence-electron chi connectivity index (χ3n) is 6.36. The van der Waals surface area contributed by atoms with E-state index in [9.17, 15) is 24.3 Å². The van der Waals surface area contributed by atoms with Crippen molar-refractivity contribution < 1.29 is 29.0 Å². The number of amides is 3. The summed E-state index contributed by atoms with van der Waals surface area (Å²) < 4.78 is 5.18. The van der Waals surface area contributed by atoms with Gasteiger partial charge < -0.3 is 20.1 Å². The first kappa shape index (κ1) is 29.6. The number of benzene rings is 2. The molecule has 3 rings (SSSR count). The second kappa shape index (κ2) is 13.2. The van der Waals surface area contributed by atoms with Crippen molar-refractivity contribution in [2.75, 3.05) is 6.54 Å². The Morgan fingerprint density at radius 3 is 2.10 bits per heavy atom. The predicted molar refractivity (Wildman–Crippen MR) is 147 cm³/mol. The highest BCUT2D eigenvalue weighted by Gasteiger charge is 2.40. The van der Waals surface area contributed by atoms with Gasteiger partial charge in [0.1, 0.15) is 12.6 Å². The number of hydrogen-bond donors (Lipinski definition) is 2. The number of carbonyl (C=O) groups is 4. The lowest BCUT2D eigenvalue weighted by molar-refractivity contribution is -0.159. The average molecular weight is 536 g/mol. The summed E-state index contributed by atoms with van der Waals surface area (Å²) in [6.45, 7) is 8.05. The minimum absolute atomic E-state index is 0.170. The van der Waals surface area contributed by atoms with Crippen LogP contribution >= 0.6 is 0 Å². The number of rotatable bonds is 10. The van der Waals surface area contributed by atoms with Gasteiger partial charge in [-0.05, 0) is 37.3 Å². The van der Waals surface area contributed by atoms with Crippen LogP contribution in [0.4, 0.5) is 0 Å². The van der Waals surface area contributed by atoms with E-state index in [4.69, 9.17) is 4.74 Å². The molecule has 2 aromatic rings. The number of esters is 1. The zero-order chi connectivity index (χ0) is 28.7. The molecule has 0 saturated heterocycles. The summed E-state index contributed by atoms with van der Waals surface area (Å²) in [4.78, 5) is 54.9. The van der Waals surface area contributed by atoms with Crippen LogP contribution in [0.25, 0.3) is 5.70 Å². The van der Waals surface area contributed by atoms with E-state index in [0.717, 1.165) is 5.56 Å². The molecule has 2 aromatic carbocycles. The van der Waals surface area contributed by atoms with Gasteiger partial charge in [-0.3, -0.25) is 19.3 Å². The fourth-order valence-electron chi connectivity index (χ4n) is 4.55. The third-order valence-corrected chi connectivity index (χ3v) is 6.36.